The quantitative estimate of drug-likeness (QED) is 0.808. The van der Waals surface area contributed by atoms with Gasteiger partial charge < -0.3 is 9.88 Å². The smallest absolute Gasteiger partial charge is 0.255 e. The van der Waals surface area contributed by atoms with E-state index >= 15 is 0 Å². The molecule has 0 aliphatic carbocycles. The first-order valence-corrected chi connectivity index (χ1v) is 6.75. The summed E-state index contributed by atoms with van der Waals surface area (Å²) >= 11 is 0. The molecule has 0 radical (unpaired) electrons. The minimum atomic E-state index is -0.803. The van der Waals surface area contributed by atoms with Gasteiger partial charge in [-0.3, -0.25) is 4.79 Å². The molecule has 0 saturated heterocycles. The molecule has 0 aliphatic heterocycles. The fourth-order valence-electron chi connectivity index (χ4n) is 2.17. The van der Waals surface area contributed by atoms with Gasteiger partial charge in [-0.25, -0.2) is 8.78 Å². The molecule has 0 unspecified atom stereocenters. The number of hydrogen-bond acceptors (Lipinski definition) is 3. The average molecular weight is 314 g/mol. The number of rotatable bonds is 3. The molecular weight excluding hydrogens is 302 g/mol. The van der Waals surface area contributed by atoms with Crippen molar-refractivity contribution in [3.05, 3.63) is 66.0 Å². The number of benzene rings is 2. The summed E-state index contributed by atoms with van der Waals surface area (Å²) in [6.45, 7) is 0. The first kappa shape index (κ1) is 14.8. The Morgan fingerprint density at radius 3 is 2.52 bits per heavy atom. The third-order valence-corrected chi connectivity index (χ3v) is 3.21. The van der Waals surface area contributed by atoms with E-state index in [1.165, 1.54) is 0 Å². The van der Waals surface area contributed by atoms with Gasteiger partial charge in [0.2, 0.25) is 0 Å². The minimum Gasteiger partial charge on any atom is -0.322 e. The van der Waals surface area contributed by atoms with Crippen molar-refractivity contribution in [3.63, 3.8) is 0 Å². The lowest BCUT2D eigenvalue weighted by atomic mass is 10.1. The topological polar surface area (TPSA) is 59.8 Å². The lowest BCUT2D eigenvalue weighted by Crippen LogP contribution is -2.12. The van der Waals surface area contributed by atoms with E-state index in [9.17, 15) is 13.6 Å². The number of amides is 1. The van der Waals surface area contributed by atoms with Crippen LogP contribution in [0.5, 0.6) is 0 Å². The van der Waals surface area contributed by atoms with Gasteiger partial charge in [0.15, 0.2) is 5.82 Å². The zero-order chi connectivity index (χ0) is 16.4. The minimum absolute atomic E-state index is 0.0911. The Hall–Kier alpha value is -3.09. The zero-order valence-corrected chi connectivity index (χ0v) is 12.1. The van der Waals surface area contributed by atoms with Gasteiger partial charge in [0.1, 0.15) is 18.0 Å². The Morgan fingerprint density at radius 1 is 1.13 bits per heavy atom. The van der Waals surface area contributed by atoms with Crippen molar-refractivity contribution in [2.24, 2.45) is 7.05 Å². The Morgan fingerprint density at radius 2 is 1.87 bits per heavy atom. The molecule has 0 fully saturated rings. The highest BCUT2D eigenvalue weighted by Gasteiger charge is 2.11. The van der Waals surface area contributed by atoms with Crippen LogP contribution in [-0.2, 0) is 7.05 Å². The second-order valence-electron chi connectivity index (χ2n) is 4.96. The molecule has 1 N–H and O–H groups in total. The van der Waals surface area contributed by atoms with E-state index in [-0.39, 0.29) is 5.56 Å². The molecule has 116 valence electrons. The van der Waals surface area contributed by atoms with Gasteiger partial charge in [0.05, 0.1) is 0 Å². The molecule has 7 heteroatoms. The monoisotopic (exact) mass is 314 g/mol. The SMILES string of the molecule is Cn1cnnc1-c1cccc(NC(=O)c2cc(F)cc(F)c2)c1. The van der Waals surface area contributed by atoms with E-state index in [1.54, 1.807) is 36.1 Å². The van der Waals surface area contributed by atoms with Gasteiger partial charge >= 0.3 is 0 Å². The van der Waals surface area contributed by atoms with Gasteiger partial charge in [-0.05, 0) is 24.3 Å². The van der Waals surface area contributed by atoms with E-state index < -0.39 is 17.5 Å². The van der Waals surface area contributed by atoms with E-state index in [1.807, 2.05) is 6.07 Å². The fraction of sp³-hybridized carbons (Fsp3) is 0.0625. The molecule has 3 rings (SSSR count). The van der Waals surface area contributed by atoms with Crippen molar-refractivity contribution >= 4 is 11.6 Å². The molecule has 5 nitrogen and oxygen atoms in total. The van der Waals surface area contributed by atoms with E-state index in [4.69, 9.17) is 0 Å². The summed E-state index contributed by atoms with van der Waals surface area (Å²) in [6.07, 6.45) is 1.57. The second-order valence-corrected chi connectivity index (χ2v) is 4.96. The Labute approximate surface area is 130 Å². The van der Waals surface area contributed by atoms with Crippen LogP contribution in [0.4, 0.5) is 14.5 Å². The highest BCUT2D eigenvalue weighted by Crippen LogP contribution is 2.20. The largest absolute Gasteiger partial charge is 0.322 e. The van der Waals surface area contributed by atoms with Crippen LogP contribution >= 0.6 is 0 Å². The molecule has 0 saturated carbocycles. The van der Waals surface area contributed by atoms with Gasteiger partial charge in [0, 0.05) is 29.9 Å². The molecule has 2 aromatic carbocycles. The first-order chi connectivity index (χ1) is 11.0. The third kappa shape index (κ3) is 3.23. The Bertz CT molecular complexity index is 856. The van der Waals surface area contributed by atoms with Gasteiger partial charge in [-0.15, -0.1) is 10.2 Å². The molecule has 0 aliphatic rings. The van der Waals surface area contributed by atoms with Crippen molar-refractivity contribution in [2.75, 3.05) is 5.32 Å². The van der Waals surface area contributed by atoms with Crippen molar-refractivity contribution < 1.29 is 13.6 Å². The summed E-state index contributed by atoms with van der Waals surface area (Å²) in [5.74, 6) is -1.57. The van der Waals surface area contributed by atoms with Gasteiger partial charge in [-0.2, -0.15) is 0 Å². The van der Waals surface area contributed by atoms with Crippen LogP contribution in [0, 0.1) is 11.6 Å². The number of halogens is 2. The summed E-state index contributed by atoms with van der Waals surface area (Å²) in [7, 11) is 1.80. The third-order valence-electron chi connectivity index (χ3n) is 3.21. The predicted molar refractivity (Wildman–Crippen MR) is 80.8 cm³/mol. The van der Waals surface area contributed by atoms with E-state index in [2.05, 4.69) is 15.5 Å². The maximum atomic E-state index is 13.2. The Kier molecular flexibility index (Phi) is 3.84. The molecule has 1 amide bonds. The lowest BCUT2D eigenvalue weighted by Gasteiger charge is -2.07. The van der Waals surface area contributed by atoms with Crippen molar-refractivity contribution in [2.45, 2.75) is 0 Å². The summed E-state index contributed by atoms with van der Waals surface area (Å²) in [6, 6.07) is 9.61. The molecule has 1 aromatic heterocycles. The number of anilines is 1. The van der Waals surface area contributed by atoms with Gasteiger partial charge in [0.25, 0.3) is 5.91 Å². The van der Waals surface area contributed by atoms with Crippen molar-refractivity contribution in [1.82, 2.24) is 14.8 Å². The molecule has 0 atom stereocenters. The van der Waals surface area contributed by atoms with E-state index in [0.717, 1.165) is 17.7 Å². The van der Waals surface area contributed by atoms with Gasteiger partial charge in [-0.1, -0.05) is 12.1 Å². The summed E-state index contributed by atoms with van der Waals surface area (Å²) in [4.78, 5) is 12.1. The number of nitrogens with zero attached hydrogens (tertiary/aromatic N) is 3. The second kappa shape index (κ2) is 5.96. The summed E-state index contributed by atoms with van der Waals surface area (Å²) in [5, 5.41) is 10.4. The average Bonchev–Trinajstić information content (AvgIpc) is 2.92. The molecular formula is C16H12F2N4O. The first-order valence-electron chi connectivity index (χ1n) is 6.75. The van der Waals surface area contributed by atoms with Crippen LogP contribution < -0.4 is 5.32 Å². The van der Waals surface area contributed by atoms with Crippen LogP contribution in [0.3, 0.4) is 0 Å². The number of carbonyl (C=O) groups excluding carboxylic acids is 1. The summed E-state index contributed by atoms with van der Waals surface area (Å²) < 4.78 is 28.1. The van der Waals surface area contributed by atoms with Crippen LogP contribution in [0.15, 0.2) is 48.8 Å². The van der Waals surface area contributed by atoms with E-state index in [0.29, 0.717) is 17.6 Å². The molecule has 23 heavy (non-hydrogen) atoms. The van der Waals surface area contributed by atoms with Crippen molar-refractivity contribution in [3.8, 4) is 11.4 Å². The molecule has 0 spiro atoms. The van der Waals surface area contributed by atoms with Crippen LogP contribution in [0.25, 0.3) is 11.4 Å². The maximum absolute atomic E-state index is 13.2. The van der Waals surface area contributed by atoms with Crippen LogP contribution in [0.1, 0.15) is 10.4 Å². The van der Waals surface area contributed by atoms with Crippen LogP contribution in [0.2, 0.25) is 0 Å². The highest BCUT2D eigenvalue weighted by atomic mass is 19.1. The standard InChI is InChI=1S/C16H12F2N4O/c1-22-9-19-21-15(22)10-3-2-4-14(7-10)20-16(23)11-5-12(17)8-13(18)6-11/h2-9H,1H3,(H,20,23). The maximum Gasteiger partial charge on any atom is 0.255 e. The number of nitrogens with one attached hydrogen (secondary N) is 1. The Balaban J connectivity index is 1.86. The van der Waals surface area contributed by atoms with Crippen molar-refractivity contribution in [1.29, 1.82) is 0 Å². The fourth-order valence-corrected chi connectivity index (χ4v) is 2.17. The zero-order valence-electron chi connectivity index (χ0n) is 12.1. The molecule has 0 bridgehead atoms. The number of aromatic nitrogens is 3. The summed E-state index contributed by atoms with van der Waals surface area (Å²) in [5.41, 5.74) is 1.15. The van der Waals surface area contributed by atoms with Crippen LogP contribution in [-0.4, -0.2) is 20.7 Å². The highest BCUT2D eigenvalue weighted by molar-refractivity contribution is 6.04. The lowest BCUT2D eigenvalue weighted by molar-refractivity contribution is 0.102. The molecule has 1 heterocycles. The number of aryl methyl sites for hydroxylation is 1. The number of hydrogen-bond donors (Lipinski definition) is 1. The predicted octanol–water partition coefficient (Wildman–Crippen LogP) is 3.01. The number of carbonyl (C=O) groups is 1. The normalized spacial score (nSPS) is 10.6. The molecule has 3 aromatic rings.